The average molecular weight is 168 g/mol. The molecule has 0 amide bonds. The lowest BCUT2D eigenvalue weighted by Crippen LogP contribution is -2.27. The van der Waals surface area contributed by atoms with Gasteiger partial charge in [0.25, 0.3) is 0 Å². The second kappa shape index (κ2) is 2.59. The Morgan fingerprint density at radius 2 is 2.33 bits per heavy atom. The molecular weight excluding hydrogens is 156 g/mol. The van der Waals surface area contributed by atoms with Crippen molar-refractivity contribution in [2.24, 2.45) is 5.92 Å². The van der Waals surface area contributed by atoms with Crippen molar-refractivity contribution in [2.75, 3.05) is 0 Å². The number of carbonyl (C=O) groups excluding carboxylic acids is 1. The normalized spacial score (nSPS) is 31.3. The van der Waals surface area contributed by atoms with E-state index < -0.39 is 6.10 Å². The largest absolute Gasteiger partial charge is 0.452 e. The van der Waals surface area contributed by atoms with Gasteiger partial charge in [-0.15, -0.1) is 0 Å². The zero-order valence-electron chi connectivity index (χ0n) is 6.99. The Hall–Kier alpha value is -0.830. The quantitative estimate of drug-likeness (QED) is 0.615. The molecule has 1 aliphatic heterocycles. The predicted octanol–water partition coefficient (Wildman–Crippen LogP) is 0.629. The fourth-order valence-electron chi connectivity index (χ4n) is 1.44. The van der Waals surface area contributed by atoms with E-state index in [4.69, 9.17) is 4.74 Å². The number of rotatable bonds is 2. The van der Waals surface area contributed by atoms with E-state index in [0.717, 1.165) is 12.8 Å². The molecule has 1 N–H and O–H groups in total. The molecule has 0 spiro atoms. The number of ether oxygens (including phenoxy) is 1. The lowest BCUT2D eigenvalue weighted by Gasteiger charge is -2.14. The Kier molecular flexibility index (Phi) is 1.68. The van der Waals surface area contributed by atoms with E-state index in [-0.39, 0.29) is 12.1 Å². The first-order chi connectivity index (χ1) is 5.68. The molecule has 0 aromatic heterocycles. The van der Waals surface area contributed by atoms with Crippen LogP contribution in [0, 0.1) is 5.92 Å². The molecule has 0 aromatic rings. The van der Waals surface area contributed by atoms with Crippen LogP contribution in [0.3, 0.4) is 0 Å². The first kappa shape index (κ1) is 7.80. The van der Waals surface area contributed by atoms with Crippen LogP contribution in [0.15, 0.2) is 11.6 Å². The number of aliphatic hydroxyl groups is 1. The van der Waals surface area contributed by atoms with Crippen molar-refractivity contribution in [2.45, 2.75) is 32.0 Å². The van der Waals surface area contributed by atoms with Gasteiger partial charge in [-0.05, 0) is 31.8 Å². The van der Waals surface area contributed by atoms with E-state index in [2.05, 4.69) is 0 Å². The van der Waals surface area contributed by atoms with Crippen LogP contribution in [0.1, 0.15) is 19.8 Å². The summed E-state index contributed by atoms with van der Waals surface area (Å²) in [6.07, 6.45) is 2.96. The monoisotopic (exact) mass is 168 g/mol. The lowest BCUT2D eigenvalue weighted by atomic mass is 10.1. The van der Waals surface area contributed by atoms with Crippen molar-refractivity contribution in [1.82, 2.24) is 0 Å². The molecule has 0 bridgehead atoms. The molecule has 1 heterocycles. The van der Waals surface area contributed by atoms with Gasteiger partial charge in [0.2, 0.25) is 0 Å². The van der Waals surface area contributed by atoms with Gasteiger partial charge in [-0.25, -0.2) is 4.79 Å². The van der Waals surface area contributed by atoms with Crippen molar-refractivity contribution in [1.29, 1.82) is 0 Å². The summed E-state index contributed by atoms with van der Waals surface area (Å²) in [6, 6.07) is 0. The van der Waals surface area contributed by atoms with Gasteiger partial charge in [-0.2, -0.15) is 0 Å². The van der Waals surface area contributed by atoms with E-state index in [1.165, 1.54) is 0 Å². The lowest BCUT2D eigenvalue weighted by molar-refractivity contribution is -0.144. The molecule has 0 saturated heterocycles. The van der Waals surface area contributed by atoms with E-state index in [1.54, 1.807) is 13.0 Å². The molecule has 2 atom stereocenters. The van der Waals surface area contributed by atoms with Gasteiger partial charge in [0.15, 0.2) is 0 Å². The first-order valence-corrected chi connectivity index (χ1v) is 4.26. The minimum atomic E-state index is -0.480. The molecule has 12 heavy (non-hydrogen) atoms. The molecule has 0 radical (unpaired) electrons. The average Bonchev–Trinajstić information content (AvgIpc) is 2.80. The van der Waals surface area contributed by atoms with Crippen LogP contribution in [-0.4, -0.2) is 23.3 Å². The molecular formula is C9H12O3. The Bertz CT molecular complexity index is 240. The maximum Gasteiger partial charge on any atom is 0.334 e. The molecule has 1 saturated carbocycles. The summed E-state index contributed by atoms with van der Waals surface area (Å²) in [5.74, 6) is 0.0599. The van der Waals surface area contributed by atoms with Crippen LogP contribution < -0.4 is 0 Å². The van der Waals surface area contributed by atoms with Gasteiger partial charge in [-0.3, -0.25) is 0 Å². The summed E-state index contributed by atoms with van der Waals surface area (Å²) in [5.41, 5.74) is 0.611. The third-order valence-electron chi connectivity index (χ3n) is 2.42. The van der Waals surface area contributed by atoms with Gasteiger partial charge in [0.05, 0.1) is 6.10 Å². The van der Waals surface area contributed by atoms with E-state index in [9.17, 15) is 9.90 Å². The predicted molar refractivity (Wildman–Crippen MR) is 42.4 cm³/mol. The maximum atomic E-state index is 10.9. The zero-order chi connectivity index (χ0) is 8.72. The highest BCUT2D eigenvalue weighted by Crippen LogP contribution is 2.36. The summed E-state index contributed by atoms with van der Waals surface area (Å²) in [7, 11) is 0. The fraction of sp³-hybridized carbons (Fsp3) is 0.667. The van der Waals surface area contributed by atoms with Gasteiger partial charge in [0.1, 0.15) is 6.10 Å². The van der Waals surface area contributed by atoms with Crippen LogP contribution in [0.4, 0.5) is 0 Å². The number of cyclic esters (lactones) is 1. The molecule has 0 unspecified atom stereocenters. The number of hydrogen-bond donors (Lipinski definition) is 1. The number of carbonyl (C=O) groups is 1. The highest BCUT2D eigenvalue weighted by atomic mass is 16.6. The van der Waals surface area contributed by atoms with Gasteiger partial charge < -0.3 is 9.84 Å². The van der Waals surface area contributed by atoms with Crippen LogP contribution in [0.25, 0.3) is 0 Å². The SMILES string of the molecule is CC1=C[C@@H]([C@H](O)C2CC2)OC1=O. The molecule has 1 aliphatic carbocycles. The second-order valence-electron chi connectivity index (χ2n) is 3.55. The van der Waals surface area contributed by atoms with Crippen molar-refractivity contribution in [3.63, 3.8) is 0 Å². The molecule has 2 aliphatic rings. The van der Waals surface area contributed by atoms with E-state index in [0.29, 0.717) is 11.5 Å². The summed E-state index contributed by atoms with van der Waals surface area (Å²) in [5, 5.41) is 9.60. The third-order valence-corrected chi connectivity index (χ3v) is 2.42. The number of aliphatic hydroxyl groups excluding tert-OH is 1. The minimum Gasteiger partial charge on any atom is -0.452 e. The van der Waals surface area contributed by atoms with Crippen molar-refractivity contribution in [3.05, 3.63) is 11.6 Å². The van der Waals surface area contributed by atoms with E-state index >= 15 is 0 Å². The summed E-state index contributed by atoms with van der Waals surface area (Å²) in [4.78, 5) is 10.9. The standard InChI is InChI=1S/C9H12O3/c1-5-4-7(12-9(5)11)8(10)6-2-3-6/h4,6-8,10H,2-3H2,1H3/t7-,8+/m0/s1. The third kappa shape index (κ3) is 1.25. The van der Waals surface area contributed by atoms with Crippen molar-refractivity contribution < 1.29 is 14.6 Å². The van der Waals surface area contributed by atoms with Crippen LogP contribution in [0.2, 0.25) is 0 Å². The van der Waals surface area contributed by atoms with Gasteiger partial charge in [-0.1, -0.05) is 0 Å². The highest BCUT2D eigenvalue weighted by Gasteiger charge is 2.38. The summed E-state index contributed by atoms with van der Waals surface area (Å²) < 4.78 is 4.96. The summed E-state index contributed by atoms with van der Waals surface area (Å²) >= 11 is 0. The topological polar surface area (TPSA) is 46.5 Å². The molecule has 2 rings (SSSR count). The molecule has 3 heteroatoms. The molecule has 3 nitrogen and oxygen atoms in total. The van der Waals surface area contributed by atoms with Crippen molar-refractivity contribution in [3.8, 4) is 0 Å². The van der Waals surface area contributed by atoms with Crippen LogP contribution in [0.5, 0.6) is 0 Å². The first-order valence-electron chi connectivity index (χ1n) is 4.26. The Morgan fingerprint density at radius 3 is 2.75 bits per heavy atom. The smallest absolute Gasteiger partial charge is 0.334 e. The number of esters is 1. The molecule has 66 valence electrons. The maximum absolute atomic E-state index is 10.9. The Morgan fingerprint density at radius 1 is 1.67 bits per heavy atom. The fourth-order valence-corrected chi connectivity index (χ4v) is 1.44. The summed E-state index contributed by atoms with van der Waals surface area (Å²) in [6.45, 7) is 1.71. The van der Waals surface area contributed by atoms with Gasteiger partial charge >= 0.3 is 5.97 Å². The van der Waals surface area contributed by atoms with Crippen molar-refractivity contribution >= 4 is 5.97 Å². The van der Waals surface area contributed by atoms with Crippen LogP contribution in [-0.2, 0) is 9.53 Å². The minimum absolute atomic E-state index is 0.292. The zero-order valence-corrected chi connectivity index (χ0v) is 6.99. The van der Waals surface area contributed by atoms with Crippen LogP contribution >= 0.6 is 0 Å². The van der Waals surface area contributed by atoms with Gasteiger partial charge in [0, 0.05) is 5.57 Å². The van der Waals surface area contributed by atoms with E-state index in [1.807, 2.05) is 0 Å². The number of hydrogen-bond acceptors (Lipinski definition) is 3. The Labute approximate surface area is 71.0 Å². The highest BCUT2D eigenvalue weighted by molar-refractivity contribution is 5.90. The molecule has 0 aromatic carbocycles. The molecule has 1 fully saturated rings. The second-order valence-corrected chi connectivity index (χ2v) is 3.55. The Balaban J connectivity index is 2.02.